The zero-order valence-electron chi connectivity index (χ0n) is 10.8. The molecule has 1 aliphatic rings. The van der Waals surface area contributed by atoms with Gasteiger partial charge in [0.15, 0.2) is 5.65 Å². The monoisotopic (exact) mass is 260 g/mol. The highest BCUT2D eigenvalue weighted by molar-refractivity contribution is 5.99. The number of H-pyrrole nitrogens is 1. The van der Waals surface area contributed by atoms with Crippen molar-refractivity contribution in [1.29, 1.82) is 0 Å². The normalized spacial score (nSPS) is 16.1. The average Bonchev–Trinajstić information content (AvgIpc) is 2.97. The molecule has 2 heterocycles. The minimum atomic E-state index is -0.206. The number of amides is 1. The lowest BCUT2D eigenvalue weighted by Crippen LogP contribution is -2.32. The summed E-state index contributed by atoms with van der Waals surface area (Å²) in [5.74, 6) is -0.164. The molecular formula is C13H16N4O2. The van der Waals surface area contributed by atoms with Gasteiger partial charge < -0.3 is 5.32 Å². The number of nitrogens with zero attached hydrogens (tertiary/aromatic N) is 2. The maximum absolute atomic E-state index is 12.2. The highest BCUT2D eigenvalue weighted by Gasteiger charge is 2.20. The first-order valence-corrected chi connectivity index (χ1v) is 6.54. The molecule has 19 heavy (non-hydrogen) atoms. The van der Waals surface area contributed by atoms with Crippen molar-refractivity contribution in [3.63, 3.8) is 0 Å². The number of aryl methyl sites for hydroxylation is 1. The highest BCUT2D eigenvalue weighted by atomic mass is 16.2. The van der Waals surface area contributed by atoms with Gasteiger partial charge in [0.1, 0.15) is 5.56 Å². The number of aromatic nitrogens is 3. The second-order valence-electron chi connectivity index (χ2n) is 5.04. The Balaban J connectivity index is 1.96. The molecule has 1 aliphatic carbocycles. The van der Waals surface area contributed by atoms with Crippen LogP contribution in [0.4, 0.5) is 0 Å². The van der Waals surface area contributed by atoms with E-state index in [1.807, 2.05) is 0 Å². The Morgan fingerprint density at radius 3 is 2.95 bits per heavy atom. The van der Waals surface area contributed by atoms with E-state index in [9.17, 15) is 9.59 Å². The number of nitrogens with one attached hydrogen (secondary N) is 2. The molecule has 0 aliphatic heterocycles. The molecule has 2 aromatic heterocycles. The second kappa shape index (κ2) is 4.53. The van der Waals surface area contributed by atoms with Gasteiger partial charge in [0.05, 0.1) is 0 Å². The largest absolute Gasteiger partial charge is 0.349 e. The van der Waals surface area contributed by atoms with Crippen LogP contribution in [0.2, 0.25) is 0 Å². The van der Waals surface area contributed by atoms with Crippen molar-refractivity contribution in [2.45, 2.75) is 38.6 Å². The van der Waals surface area contributed by atoms with E-state index in [-0.39, 0.29) is 17.5 Å². The number of rotatable bonds is 2. The molecule has 0 unspecified atom stereocenters. The fourth-order valence-corrected chi connectivity index (χ4v) is 2.60. The van der Waals surface area contributed by atoms with Gasteiger partial charge in [0, 0.05) is 24.0 Å². The maximum Gasteiger partial charge on any atom is 0.272 e. The third-order valence-corrected chi connectivity index (χ3v) is 3.56. The minimum absolute atomic E-state index is 0.164. The van der Waals surface area contributed by atoms with Crippen molar-refractivity contribution in [3.8, 4) is 0 Å². The van der Waals surface area contributed by atoms with Gasteiger partial charge in [-0.25, -0.2) is 9.50 Å². The standard InChI is InChI=1S/C13H16N4O2/c1-8-6-11(18)17-12(15-8)10(7-14-17)13(19)16-9-4-2-3-5-9/h6-7,9,14H,2-5H2,1H3,(H,16,19). The first-order valence-electron chi connectivity index (χ1n) is 6.54. The zero-order chi connectivity index (χ0) is 13.4. The summed E-state index contributed by atoms with van der Waals surface area (Å²) < 4.78 is 1.29. The van der Waals surface area contributed by atoms with Crippen molar-refractivity contribution in [2.24, 2.45) is 0 Å². The third-order valence-electron chi connectivity index (χ3n) is 3.56. The highest BCUT2D eigenvalue weighted by Crippen LogP contribution is 2.18. The van der Waals surface area contributed by atoms with Gasteiger partial charge in [0.25, 0.3) is 11.5 Å². The summed E-state index contributed by atoms with van der Waals surface area (Å²) in [5.41, 5.74) is 1.22. The lowest BCUT2D eigenvalue weighted by atomic mass is 10.2. The number of hydrogen-bond acceptors (Lipinski definition) is 3. The number of fused-ring (bicyclic) bond motifs is 1. The zero-order valence-corrected chi connectivity index (χ0v) is 10.8. The third kappa shape index (κ3) is 2.14. The molecule has 2 N–H and O–H groups in total. The van der Waals surface area contributed by atoms with E-state index in [4.69, 9.17) is 0 Å². The van der Waals surface area contributed by atoms with Crippen LogP contribution in [0.5, 0.6) is 0 Å². The molecule has 0 atom stereocenters. The molecule has 6 heteroatoms. The van der Waals surface area contributed by atoms with E-state index < -0.39 is 0 Å². The summed E-state index contributed by atoms with van der Waals surface area (Å²) in [6.07, 6.45) is 5.92. The molecule has 0 aromatic carbocycles. The van der Waals surface area contributed by atoms with Crippen molar-refractivity contribution in [1.82, 2.24) is 19.9 Å². The second-order valence-corrected chi connectivity index (χ2v) is 5.04. The lowest BCUT2D eigenvalue weighted by Gasteiger charge is -2.10. The fraction of sp³-hybridized carbons (Fsp3) is 0.462. The van der Waals surface area contributed by atoms with Crippen molar-refractivity contribution in [3.05, 3.63) is 33.9 Å². The van der Waals surface area contributed by atoms with Crippen LogP contribution in [0.1, 0.15) is 41.7 Å². The van der Waals surface area contributed by atoms with E-state index in [0.29, 0.717) is 16.9 Å². The molecule has 6 nitrogen and oxygen atoms in total. The molecule has 0 radical (unpaired) electrons. The molecule has 100 valence electrons. The molecule has 2 aromatic rings. The van der Waals surface area contributed by atoms with Crippen LogP contribution in [-0.2, 0) is 0 Å². The smallest absolute Gasteiger partial charge is 0.272 e. The molecule has 1 fully saturated rings. The number of carbonyl (C=O) groups excluding carboxylic acids is 1. The van der Waals surface area contributed by atoms with E-state index in [0.717, 1.165) is 25.7 Å². The lowest BCUT2D eigenvalue weighted by molar-refractivity contribution is 0.0939. The number of hydrogen-bond donors (Lipinski definition) is 2. The Morgan fingerprint density at radius 2 is 2.21 bits per heavy atom. The number of carbonyl (C=O) groups is 1. The Kier molecular flexibility index (Phi) is 2.85. The average molecular weight is 260 g/mol. The van der Waals surface area contributed by atoms with Crippen LogP contribution in [0.3, 0.4) is 0 Å². The van der Waals surface area contributed by atoms with Crippen LogP contribution in [0.15, 0.2) is 17.1 Å². The van der Waals surface area contributed by atoms with E-state index in [2.05, 4.69) is 15.4 Å². The molecule has 3 rings (SSSR count). The summed E-state index contributed by atoms with van der Waals surface area (Å²) in [5, 5.41) is 5.77. The molecule has 0 spiro atoms. The topological polar surface area (TPSA) is 79.3 Å². The molecule has 0 saturated heterocycles. The predicted molar refractivity (Wildman–Crippen MR) is 70.3 cm³/mol. The van der Waals surface area contributed by atoms with Crippen LogP contribution >= 0.6 is 0 Å². The van der Waals surface area contributed by atoms with Crippen LogP contribution in [0.25, 0.3) is 5.65 Å². The first-order chi connectivity index (χ1) is 9.15. The first kappa shape index (κ1) is 12.0. The van der Waals surface area contributed by atoms with Crippen molar-refractivity contribution >= 4 is 11.6 Å². The predicted octanol–water partition coefficient (Wildman–Crippen LogP) is 1.00. The van der Waals surface area contributed by atoms with Crippen molar-refractivity contribution in [2.75, 3.05) is 0 Å². The summed E-state index contributed by atoms with van der Waals surface area (Å²) in [7, 11) is 0. The van der Waals surface area contributed by atoms with Gasteiger partial charge in [-0.05, 0) is 19.8 Å². The molecule has 0 bridgehead atoms. The fourth-order valence-electron chi connectivity index (χ4n) is 2.60. The van der Waals surface area contributed by atoms with Gasteiger partial charge >= 0.3 is 0 Å². The Bertz CT molecular complexity index is 679. The Labute approximate surface area is 109 Å². The Hall–Kier alpha value is -2.11. The van der Waals surface area contributed by atoms with E-state index >= 15 is 0 Å². The van der Waals surface area contributed by atoms with E-state index in [1.54, 1.807) is 6.92 Å². The molecular weight excluding hydrogens is 244 g/mol. The summed E-state index contributed by atoms with van der Waals surface area (Å²) in [6, 6.07) is 1.68. The van der Waals surface area contributed by atoms with Crippen LogP contribution < -0.4 is 10.9 Å². The van der Waals surface area contributed by atoms with Gasteiger partial charge in [-0.2, -0.15) is 0 Å². The molecule has 1 saturated carbocycles. The Morgan fingerprint density at radius 1 is 1.47 bits per heavy atom. The van der Waals surface area contributed by atoms with Crippen molar-refractivity contribution < 1.29 is 4.79 Å². The quantitative estimate of drug-likeness (QED) is 0.845. The van der Waals surface area contributed by atoms with Crippen LogP contribution in [0, 0.1) is 6.92 Å². The SMILES string of the molecule is Cc1cc(=O)n2[nH]cc(C(=O)NC3CCCC3)c2n1. The van der Waals surface area contributed by atoms with Gasteiger partial charge in [-0.3, -0.25) is 14.7 Å². The molecule has 1 amide bonds. The van der Waals surface area contributed by atoms with Crippen LogP contribution in [-0.4, -0.2) is 26.5 Å². The maximum atomic E-state index is 12.2. The van der Waals surface area contributed by atoms with E-state index in [1.165, 1.54) is 16.8 Å². The summed E-state index contributed by atoms with van der Waals surface area (Å²) in [4.78, 5) is 28.2. The summed E-state index contributed by atoms with van der Waals surface area (Å²) >= 11 is 0. The summed E-state index contributed by atoms with van der Waals surface area (Å²) in [6.45, 7) is 1.74. The van der Waals surface area contributed by atoms with Gasteiger partial charge in [-0.15, -0.1) is 0 Å². The van der Waals surface area contributed by atoms with Gasteiger partial charge in [-0.1, -0.05) is 12.8 Å². The van der Waals surface area contributed by atoms with Gasteiger partial charge in [0.2, 0.25) is 0 Å². The minimum Gasteiger partial charge on any atom is -0.349 e. The number of aromatic amines is 1.